The van der Waals surface area contributed by atoms with E-state index in [1.54, 1.807) is 0 Å². The summed E-state index contributed by atoms with van der Waals surface area (Å²) in [7, 11) is 0. The maximum atomic E-state index is 14.2. The number of hydrogen-bond donors (Lipinski definition) is 0. The SMILES string of the molecule is O=C(c1nc2n(n1)C(c1ccccc1)CC2F)C1CC(F)(F)C1. The van der Waals surface area contributed by atoms with E-state index in [-0.39, 0.29) is 24.1 Å². The first kappa shape index (κ1) is 14.4. The number of alkyl halides is 3. The van der Waals surface area contributed by atoms with Crippen LogP contribution in [-0.4, -0.2) is 26.5 Å². The summed E-state index contributed by atoms with van der Waals surface area (Å²) in [5.74, 6) is -4.10. The molecule has 1 saturated carbocycles. The largest absolute Gasteiger partial charge is 0.290 e. The van der Waals surface area contributed by atoms with Crippen molar-refractivity contribution in [3.8, 4) is 0 Å². The lowest BCUT2D eigenvalue weighted by atomic mass is 9.78. The first-order valence-electron chi connectivity index (χ1n) is 7.52. The van der Waals surface area contributed by atoms with Gasteiger partial charge in [0.1, 0.15) is 0 Å². The molecule has 4 rings (SSSR count). The van der Waals surface area contributed by atoms with Crippen molar-refractivity contribution in [3.05, 3.63) is 47.5 Å². The monoisotopic (exact) mass is 321 g/mol. The molecule has 1 aliphatic carbocycles. The van der Waals surface area contributed by atoms with Gasteiger partial charge in [-0.1, -0.05) is 30.3 Å². The number of hydrogen-bond acceptors (Lipinski definition) is 3. The molecule has 4 nitrogen and oxygen atoms in total. The summed E-state index contributed by atoms with van der Waals surface area (Å²) in [6, 6.07) is 8.96. The van der Waals surface area contributed by atoms with Gasteiger partial charge < -0.3 is 0 Å². The number of aromatic nitrogens is 3. The van der Waals surface area contributed by atoms with Crippen LogP contribution in [0.5, 0.6) is 0 Å². The van der Waals surface area contributed by atoms with E-state index >= 15 is 0 Å². The van der Waals surface area contributed by atoms with Crippen LogP contribution in [0.3, 0.4) is 0 Å². The van der Waals surface area contributed by atoms with Crippen molar-refractivity contribution in [1.29, 1.82) is 0 Å². The summed E-state index contributed by atoms with van der Waals surface area (Å²) in [6.07, 6.45) is -2.04. The highest BCUT2D eigenvalue weighted by molar-refractivity contribution is 5.95. The molecule has 2 aliphatic rings. The molecule has 0 spiro atoms. The van der Waals surface area contributed by atoms with Crippen molar-refractivity contribution in [1.82, 2.24) is 14.8 Å². The summed E-state index contributed by atoms with van der Waals surface area (Å²) >= 11 is 0. The summed E-state index contributed by atoms with van der Waals surface area (Å²) in [4.78, 5) is 16.2. The summed E-state index contributed by atoms with van der Waals surface area (Å²) in [5.41, 5.74) is 0.882. The van der Waals surface area contributed by atoms with Crippen LogP contribution in [0.25, 0.3) is 0 Å². The van der Waals surface area contributed by atoms with Gasteiger partial charge in [-0.2, -0.15) is 0 Å². The number of halogens is 3. The highest BCUT2D eigenvalue weighted by atomic mass is 19.3. The molecular weight excluding hydrogens is 307 g/mol. The van der Waals surface area contributed by atoms with Gasteiger partial charge in [-0.15, -0.1) is 5.10 Å². The molecule has 2 heterocycles. The average Bonchev–Trinajstić information content (AvgIpc) is 3.06. The van der Waals surface area contributed by atoms with Crippen molar-refractivity contribution >= 4 is 5.78 Å². The van der Waals surface area contributed by atoms with E-state index in [0.717, 1.165) is 5.56 Å². The van der Waals surface area contributed by atoms with Crippen LogP contribution < -0.4 is 0 Å². The van der Waals surface area contributed by atoms with E-state index in [2.05, 4.69) is 10.1 Å². The van der Waals surface area contributed by atoms with Gasteiger partial charge in [0.05, 0.1) is 6.04 Å². The molecule has 7 heteroatoms. The Morgan fingerprint density at radius 1 is 1.22 bits per heavy atom. The van der Waals surface area contributed by atoms with Crippen LogP contribution >= 0.6 is 0 Å². The highest BCUT2D eigenvalue weighted by Gasteiger charge is 2.50. The first-order valence-corrected chi connectivity index (χ1v) is 7.52. The van der Waals surface area contributed by atoms with Gasteiger partial charge in [0.15, 0.2) is 12.0 Å². The zero-order chi connectivity index (χ0) is 16.2. The molecule has 120 valence electrons. The van der Waals surface area contributed by atoms with Crippen molar-refractivity contribution in [2.45, 2.75) is 37.4 Å². The molecule has 0 amide bonds. The van der Waals surface area contributed by atoms with E-state index in [0.29, 0.717) is 0 Å². The number of carbonyl (C=O) groups excluding carboxylic acids is 1. The molecule has 2 unspecified atom stereocenters. The smallest absolute Gasteiger partial charge is 0.249 e. The maximum Gasteiger partial charge on any atom is 0.249 e. The molecule has 1 aromatic carbocycles. The molecule has 0 radical (unpaired) electrons. The van der Waals surface area contributed by atoms with E-state index < -0.39 is 36.6 Å². The van der Waals surface area contributed by atoms with E-state index in [1.165, 1.54) is 4.68 Å². The Hall–Kier alpha value is -2.18. The van der Waals surface area contributed by atoms with Gasteiger partial charge in [-0.3, -0.25) is 4.79 Å². The summed E-state index contributed by atoms with van der Waals surface area (Å²) in [5, 5.41) is 4.12. The third kappa shape index (κ3) is 2.34. The van der Waals surface area contributed by atoms with Gasteiger partial charge in [-0.05, 0) is 5.56 Å². The topological polar surface area (TPSA) is 47.8 Å². The lowest BCUT2D eigenvalue weighted by Crippen LogP contribution is -2.40. The zero-order valence-electron chi connectivity index (χ0n) is 12.1. The fourth-order valence-electron chi connectivity index (χ4n) is 3.27. The minimum absolute atomic E-state index is 0.105. The number of nitrogens with zero attached hydrogens (tertiary/aromatic N) is 3. The molecule has 0 saturated heterocycles. The zero-order valence-corrected chi connectivity index (χ0v) is 12.1. The molecular formula is C16H14F3N3O. The third-order valence-electron chi connectivity index (χ3n) is 4.53. The van der Waals surface area contributed by atoms with Crippen molar-refractivity contribution in [2.24, 2.45) is 5.92 Å². The second-order valence-electron chi connectivity index (χ2n) is 6.19. The quantitative estimate of drug-likeness (QED) is 0.813. The molecule has 23 heavy (non-hydrogen) atoms. The van der Waals surface area contributed by atoms with Crippen LogP contribution in [0.2, 0.25) is 0 Å². The normalized spacial score (nSPS) is 25.9. The Bertz CT molecular complexity index is 751. The summed E-state index contributed by atoms with van der Waals surface area (Å²) in [6.45, 7) is 0. The molecule has 0 bridgehead atoms. The molecule has 1 aliphatic heterocycles. The van der Waals surface area contributed by atoms with Gasteiger partial charge in [-0.25, -0.2) is 22.8 Å². The number of rotatable bonds is 3. The number of fused-ring (bicyclic) bond motifs is 1. The minimum Gasteiger partial charge on any atom is -0.290 e. The minimum atomic E-state index is -2.78. The molecule has 1 aromatic heterocycles. The van der Waals surface area contributed by atoms with Crippen LogP contribution in [0, 0.1) is 5.92 Å². The lowest BCUT2D eigenvalue weighted by molar-refractivity contribution is -0.0984. The summed E-state index contributed by atoms with van der Waals surface area (Å²) < 4.78 is 41.4. The Morgan fingerprint density at radius 2 is 1.91 bits per heavy atom. The van der Waals surface area contributed by atoms with Crippen molar-refractivity contribution in [3.63, 3.8) is 0 Å². The Morgan fingerprint density at radius 3 is 2.57 bits per heavy atom. The standard InChI is InChI=1S/C16H14F3N3O/c17-11-6-12(9-4-2-1-3-5-9)22-15(11)20-14(21-22)13(23)10-7-16(18,19)8-10/h1-5,10-12H,6-8H2. The van der Waals surface area contributed by atoms with Gasteiger partial charge in [0.25, 0.3) is 0 Å². The second-order valence-corrected chi connectivity index (χ2v) is 6.19. The van der Waals surface area contributed by atoms with Gasteiger partial charge in [0, 0.05) is 25.2 Å². The fraction of sp³-hybridized carbons (Fsp3) is 0.438. The van der Waals surface area contributed by atoms with E-state index in [4.69, 9.17) is 0 Å². The number of benzene rings is 1. The fourth-order valence-corrected chi connectivity index (χ4v) is 3.27. The van der Waals surface area contributed by atoms with Crippen LogP contribution in [-0.2, 0) is 0 Å². The van der Waals surface area contributed by atoms with E-state index in [1.807, 2.05) is 30.3 Å². The van der Waals surface area contributed by atoms with Crippen LogP contribution in [0.15, 0.2) is 30.3 Å². The number of carbonyl (C=O) groups is 1. The molecule has 0 N–H and O–H groups in total. The van der Waals surface area contributed by atoms with Crippen molar-refractivity contribution < 1.29 is 18.0 Å². The molecule has 2 atom stereocenters. The maximum absolute atomic E-state index is 14.2. The van der Waals surface area contributed by atoms with E-state index in [9.17, 15) is 18.0 Å². The number of ketones is 1. The van der Waals surface area contributed by atoms with Crippen LogP contribution in [0.1, 0.15) is 53.5 Å². The number of Topliss-reactive ketones (excluding diaryl/α,β-unsaturated/α-hetero) is 1. The van der Waals surface area contributed by atoms with Gasteiger partial charge >= 0.3 is 0 Å². The first-order chi connectivity index (χ1) is 10.9. The Kier molecular flexibility index (Phi) is 3.08. The van der Waals surface area contributed by atoms with Crippen LogP contribution in [0.4, 0.5) is 13.2 Å². The molecule has 2 aromatic rings. The highest BCUT2D eigenvalue weighted by Crippen LogP contribution is 2.44. The van der Waals surface area contributed by atoms with Crippen molar-refractivity contribution in [2.75, 3.05) is 0 Å². The lowest BCUT2D eigenvalue weighted by Gasteiger charge is -2.32. The Balaban J connectivity index is 1.62. The molecule has 1 fully saturated rings. The predicted octanol–water partition coefficient (Wildman–Crippen LogP) is 3.51. The average molecular weight is 321 g/mol. The second kappa shape index (κ2) is 4.91. The predicted molar refractivity (Wildman–Crippen MR) is 75.1 cm³/mol. The third-order valence-corrected chi connectivity index (χ3v) is 4.53. The Labute approximate surface area is 130 Å². The van der Waals surface area contributed by atoms with Gasteiger partial charge in [0.2, 0.25) is 17.5 Å².